The van der Waals surface area contributed by atoms with Gasteiger partial charge in [0.05, 0.1) is 0 Å². The summed E-state index contributed by atoms with van der Waals surface area (Å²) < 4.78 is 0. The van der Waals surface area contributed by atoms with E-state index in [1.807, 2.05) is 32.9 Å². The molecule has 0 aliphatic heterocycles. The third kappa shape index (κ3) is 3.79. The van der Waals surface area contributed by atoms with E-state index in [1.54, 1.807) is 0 Å². The Bertz CT molecular complexity index is 136. The van der Waals surface area contributed by atoms with Crippen LogP contribution in [-0.2, 0) is 4.84 Å². The predicted octanol–water partition coefficient (Wildman–Crippen LogP) is 1.75. The van der Waals surface area contributed by atoms with Crippen LogP contribution in [0.3, 0.4) is 0 Å². The van der Waals surface area contributed by atoms with Crippen molar-refractivity contribution in [3.05, 3.63) is 23.5 Å². The van der Waals surface area contributed by atoms with Crippen molar-refractivity contribution >= 4 is 0 Å². The maximum Gasteiger partial charge on any atom is 0.121 e. The Labute approximate surface area is 56.0 Å². The van der Waals surface area contributed by atoms with Gasteiger partial charge in [-0.1, -0.05) is 11.6 Å². The molecule has 0 aromatic rings. The molecule has 0 unspecified atom stereocenters. The molecule has 0 aromatic heterocycles. The zero-order chi connectivity index (χ0) is 7.28. The zero-order valence-corrected chi connectivity index (χ0v) is 6.14. The van der Waals surface area contributed by atoms with Crippen molar-refractivity contribution in [1.29, 1.82) is 0 Å². The molecule has 0 amide bonds. The molecule has 0 saturated carbocycles. The van der Waals surface area contributed by atoms with Gasteiger partial charge in [-0.25, -0.2) is 0 Å². The Kier molecular flexibility index (Phi) is 3.80. The molecule has 0 fully saturated rings. The van der Waals surface area contributed by atoms with Crippen molar-refractivity contribution in [2.45, 2.75) is 20.8 Å². The van der Waals surface area contributed by atoms with E-state index >= 15 is 0 Å². The number of hydrogen-bond acceptors (Lipinski definition) is 2. The Hall–Kier alpha value is -0.760. The van der Waals surface area contributed by atoms with E-state index < -0.39 is 0 Å². The van der Waals surface area contributed by atoms with Crippen LogP contribution in [0.2, 0.25) is 0 Å². The van der Waals surface area contributed by atoms with Gasteiger partial charge in [-0.3, -0.25) is 0 Å². The molecule has 0 aliphatic rings. The maximum atomic E-state index is 4.88. The minimum absolute atomic E-state index is 0.727. The summed E-state index contributed by atoms with van der Waals surface area (Å²) in [4.78, 5) is 4.44. The second kappa shape index (κ2) is 4.15. The summed E-state index contributed by atoms with van der Waals surface area (Å²) in [5.41, 5.74) is 1.15. The highest BCUT2D eigenvalue weighted by Crippen LogP contribution is 1.99. The first-order chi connectivity index (χ1) is 4.20. The average molecular weight is 127 g/mol. The summed E-state index contributed by atoms with van der Waals surface area (Å²) in [5, 5.41) is 0. The summed E-state index contributed by atoms with van der Waals surface area (Å²) in [5.74, 6) is 5.61. The van der Waals surface area contributed by atoms with Gasteiger partial charge in [0.1, 0.15) is 5.76 Å². The molecular formula is C7H13NO. The Morgan fingerprint density at radius 2 is 2.00 bits per heavy atom. The lowest BCUT2D eigenvalue weighted by Gasteiger charge is -1.95. The van der Waals surface area contributed by atoms with Crippen molar-refractivity contribution in [2.75, 3.05) is 0 Å². The van der Waals surface area contributed by atoms with Crippen LogP contribution in [0.15, 0.2) is 23.5 Å². The van der Waals surface area contributed by atoms with Crippen LogP contribution in [0, 0.1) is 0 Å². The lowest BCUT2D eigenvalue weighted by molar-refractivity contribution is 0.222. The summed E-state index contributed by atoms with van der Waals surface area (Å²) >= 11 is 0. The van der Waals surface area contributed by atoms with E-state index in [0.29, 0.717) is 0 Å². The topological polar surface area (TPSA) is 35.2 Å². The molecule has 2 nitrogen and oxygen atoms in total. The van der Waals surface area contributed by atoms with Crippen molar-refractivity contribution < 1.29 is 4.84 Å². The van der Waals surface area contributed by atoms with Gasteiger partial charge in [-0.05, 0) is 26.8 Å². The van der Waals surface area contributed by atoms with Gasteiger partial charge < -0.3 is 4.84 Å². The third-order valence-corrected chi connectivity index (χ3v) is 1.07. The minimum Gasteiger partial charge on any atom is -0.416 e. The largest absolute Gasteiger partial charge is 0.416 e. The summed E-state index contributed by atoms with van der Waals surface area (Å²) in [6.45, 7) is 5.77. The van der Waals surface area contributed by atoms with Crippen LogP contribution in [0.1, 0.15) is 20.8 Å². The standard InChI is InChI=1S/C7H13NO/c1-4-6(2)5-7(3)9-8/h4-5H,8H2,1-3H3/b6-4-,7-5-. The van der Waals surface area contributed by atoms with Crippen molar-refractivity contribution in [3.8, 4) is 0 Å². The van der Waals surface area contributed by atoms with E-state index in [2.05, 4.69) is 4.84 Å². The van der Waals surface area contributed by atoms with Gasteiger partial charge in [0.2, 0.25) is 0 Å². The molecule has 9 heavy (non-hydrogen) atoms. The van der Waals surface area contributed by atoms with Gasteiger partial charge in [0.15, 0.2) is 0 Å². The number of hydrogen-bond donors (Lipinski definition) is 1. The van der Waals surface area contributed by atoms with E-state index in [4.69, 9.17) is 5.90 Å². The number of nitrogens with two attached hydrogens (primary N) is 1. The van der Waals surface area contributed by atoms with Crippen LogP contribution in [-0.4, -0.2) is 0 Å². The highest BCUT2D eigenvalue weighted by Gasteiger charge is 1.84. The molecule has 0 heterocycles. The van der Waals surface area contributed by atoms with Gasteiger partial charge in [-0.2, -0.15) is 5.90 Å². The Balaban J connectivity index is 3.95. The molecule has 0 saturated heterocycles. The van der Waals surface area contributed by atoms with E-state index in [9.17, 15) is 0 Å². The fraction of sp³-hybridized carbons (Fsp3) is 0.429. The molecular weight excluding hydrogens is 114 g/mol. The number of allylic oxidation sites excluding steroid dienone is 4. The fourth-order valence-corrected chi connectivity index (χ4v) is 0.438. The molecule has 0 radical (unpaired) electrons. The van der Waals surface area contributed by atoms with E-state index in [0.717, 1.165) is 11.3 Å². The van der Waals surface area contributed by atoms with Crippen LogP contribution in [0.5, 0.6) is 0 Å². The van der Waals surface area contributed by atoms with E-state index in [1.165, 1.54) is 0 Å². The molecule has 2 heteroatoms. The summed E-state index contributed by atoms with van der Waals surface area (Å²) in [7, 11) is 0. The molecule has 0 aliphatic carbocycles. The monoisotopic (exact) mass is 127 g/mol. The molecule has 52 valence electrons. The molecule has 0 aromatic carbocycles. The highest BCUT2D eigenvalue weighted by molar-refractivity contribution is 5.16. The van der Waals surface area contributed by atoms with Gasteiger partial charge in [0.25, 0.3) is 0 Å². The van der Waals surface area contributed by atoms with E-state index in [-0.39, 0.29) is 0 Å². The molecule has 2 N–H and O–H groups in total. The van der Waals surface area contributed by atoms with Crippen LogP contribution < -0.4 is 5.90 Å². The first kappa shape index (κ1) is 8.24. The lowest BCUT2D eigenvalue weighted by Crippen LogP contribution is -1.95. The predicted molar refractivity (Wildman–Crippen MR) is 38.5 cm³/mol. The van der Waals surface area contributed by atoms with Crippen molar-refractivity contribution in [1.82, 2.24) is 0 Å². The molecule has 0 bridgehead atoms. The smallest absolute Gasteiger partial charge is 0.121 e. The third-order valence-electron chi connectivity index (χ3n) is 1.07. The quantitative estimate of drug-likeness (QED) is 0.348. The maximum absolute atomic E-state index is 4.88. The number of rotatable bonds is 2. The minimum atomic E-state index is 0.727. The molecule has 0 rings (SSSR count). The SMILES string of the molecule is C/C=C(C)\C=C(\C)ON. The fourth-order valence-electron chi connectivity index (χ4n) is 0.438. The lowest BCUT2D eigenvalue weighted by atomic mass is 10.2. The highest BCUT2D eigenvalue weighted by atomic mass is 16.6. The van der Waals surface area contributed by atoms with Crippen LogP contribution >= 0.6 is 0 Å². The van der Waals surface area contributed by atoms with Crippen LogP contribution in [0.4, 0.5) is 0 Å². The van der Waals surface area contributed by atoms with Gasteiger partial charge in [-0.15, -0.1) is 0 Å². The second-order valence-electron chi connectivity index (χ2n) is 1.91. The van der Waals surface area contributed by atoms with Gasteiger partial charge in [0, 0.05) is 0 Å². The first-order valence-corrected chi connectivity index (χ1v) is 2.88. The Morgan fingerprint density at radius 3 is 2.33 bits per heavy atom. The molecule has 0 spiro atoms. The average Bonchev–Trinajstić information content (AvgIpc) is 1.87. The zero-order valence-electron chi connectivity index (χ0n) is 6.14. The van der Waals surface area contributed by atoms with Crippen LogP contribution in [0.25, 0.3) is 0 Å². The molecule has 0 atom stereocenters. The first-order valence-electron chi connectivity index (χ1n) is 2.88. The second-order valence-corrected chi connectivity index (χ2v) is 1.91. The summed E-state index contributed by atoms with van der Waals surface area (Å²) in [6, 6.07) is 0. The van der Waals surface area contributed by atoms with Crippen molar-refractivity contribution in [2.24, 2.45) is 5.90 Å². The normalized spacial score (nSPS) is 13.8. The Morgan fingerprint density at radius 1 is 1.44 bits per heavy atom. The van der Waals surface area contributed by atoms with Gasteiger partial charge >= 0.3 is 0 Å². The summed E-state index contributed by atoms with van der Waals surface area (Å²) in [6.07, 6.45) is 3.86. The van der Waals surface area contributed by atoms with Crippen molar-refractivity contribution in [3.63, 3.8) is 0 Å².